The van der Waals surface area contributed by atoms with Crippen LogP contribution in [0.4, 0.5) is 41.6 Å². The number of nitrogens with one attached hydrogen (secondary N) is 2. The van der Waals surface area contributed by atoms with Gasteiger partial charge in [0.2, 0.25) is 6.30 Å². The third-order valence-electron chi connectivity index (χ3n) is 21.6. The minimum absolute atomic E-state index is 0.0103. The number of carbonyl (C=O) groups excluding carboxylic acids is 1. The Balaban J connectivity index is 0.000000118. The fourth-order valence-electron chi connectivity index (χ4n) is 15.4. The summed E-state index contributed by atoms with van der Waals surface area (Å²) in [6, 6.07) is 73.5. The van der Waals surface area contributed by atoms with Crippen LogP contribution in [0, 0.1) is 9.47 Å². The van der Waals surface area contributed by atoms with E-state index in [1.165, 1.54) is 100 Å². The highest BCUT2D eigenvalue weighted by Crippen LogP contribution is 2.57. The standard InChI is InChI=1S/C19H15BrN2O2.C19H17IN2O3S.C18H15BrN2O3S.C18H12F2INO3S2.C18H13FINO3S2/c1-24-14-8-6-12(7-9-14)19(23)22-11-13-4-2-3-5-15(13)18-16(22)10-17(20)21-18;1-21-18(20)11-17-19(21)16-6-4-3-5-13(16)12-22(17)26(23,24)15-9-7-14(25-2)8-10-15;1-24-13-6-8-14(9-7-13)25(22,23)21-11-12-4-2-3-5-15(12)18-16(21)10-17(19)20-18;1-25-11-6-8-12(9-7-11)27(23,24)22-15-10-16(21)26-17(15)13-4-2-3-5-14(13)18(22,19)20;1-24-11-6-8-12(9-7-11)26(22,23)21-15-10-16(20)25-17(15)13-4-2-3-5-14(13)18(21)19/h2-10,21H,11H2,1H3;3-11H,12H2,1-2H3;2-10,20H,11H2,1H3;2-10H,1H3;2-10,18H,1H3/t;;;;18-/m....1/s1. The number of alkyl halides is 3. The lowest BCUT2D eigenvalue weighted by Crippen LogP contribution is -2.46. The number of hydrogen-bond donors (Lipinski definition) is 2. The van der Waals surface area contributed by atoms with Crippen molar-refractivity contribution in [2.24, 2.45) is 7.05 Å². The number of hydrogen-bond acceptors (Lipinski definition) is 16. The molecule has 5 aromatic heterocycles. The van der Waals surface area contributed by atoms with Crippen molar-refractivity contribution in [1.29, 1.82) is 0 Å². The number of H-pyrrole nitrogens is 2. The van der Waals surface area contributed by atoms with Crippen LogP contribution in [0.1, 0.15) is 44.5 Å². The van der Waals surface area contributed by atoms with Crippen molar-refractivity contribution >= 4 is 197 Å². The first-order valence-corrected chi connectivity index (χ1v) is 50.9. The molecule has 656 valence electrons. The van der Waals surface area contributed by atoms with E-state index < -0.39 is 52.4 Å². The van der Waals surface area contributed by atoms with Crippen LogP contribution in [0.2, 0.25) is 0 Å². The zero-order valence-corrected chi connectivity index (χ0v) is 82.6. The molecule has 10 aromatic carbocycles. The van der Waals surface area contributed by atoms with E-state index in [9.17, 15) is 38.5 Å². The Hall–Kier alpha value is -10.2. The molecule has 0 bridgehead atoms. The number of carbonyl (C=O) groups is 1. The lowest BCUT2D eigenvalue weighted by molar-refractivity contribution is 0.00904. The summed E-state index contributed by atoms with van der Waals surface area (Å²) in [4.78, 5) is 22.9. The van der Waals surface area contributed by atoms with Crippen LogP contribution in [0.3, 0.4) is 0 Å². The highest BCUT2D eigenvalue weighted by Gasteiger charge is 2.53. The molecule has 0 spiro atoms. The summed E-state index contributed by atoms with van der Waals surface area (Å²) in [6.45, 7) is 1.16. The summed E-state index contributed by atoms with van der Waals surface area (Å²) in [6.07, 6.45) is -1.78. The Morgan fingerprint density at radius 1 is 0.422 bits per heavy atom. The van der Waals surface area contributed by atoms with E-state index in [-0.39, 0.29) is 41.0 Å². The van der Waals surface area contributed by atoms with Crippen molar-refractivity contribution in [3.8, 4) is 83.4 Å². The van der Waals surface area contributed by atoms with E-state index in [1.54, 1.807) is 148 Å². The van der Waals surface area contributed by atoms with Crippen LogP contribution < -0.4 is 45.8 Å². The van der Waals surface area contributed by atoms with Crippen LogP contribution in [0.25, 0.3) is 54.7 Å². The van der Waals surface area contributed by atoms with Gasteiger partial charge in [0.15, 0.2) is 0 Å². The maximum absolute atomic E-state index is 15.4. The monoisotopic (exact) mass is 2300 g/mol. The predicted octanol–water partition coefficient (Wildman–Crippen LogP) is 23.3. The first-order valence-electron chi connectivity index (χ1n) is 38.6. The summed E-state index contributed by atoms with van der Waals surface area (Å²) >= 11 is 16.0. The summed E-state index contributed by atoms with van der Waals surface area (Å²) in [5.41, 5.74) is 13.4. The fraction of sp³-hybridized carbons (Fsp3) is 0.120. The number of sulfonamides is 4. The van der Waals surface area contributed by atoms with E-state index in [4.69, 9.17) is 23.7 Å². The second-order valence-corrected chi connectivity index (χ2v) is 45.0. The molecule has 10 heterocycles. The van der Waals surface area contributed by atoms with Gasteiger partial charge in [-0.3, -0.25) is 13.4 Å². The van der Waals surface area contributed by atoms with Gasteiger partial charge in [-0.25, -0.2) is 42.4 Å². The highest BCUT2D eigenvalue weighted by molar-refractivity contribution is 14.1. The Bertz CT molecular complexity index is 7250. The van der Waals surface area contributed by atoms with Gasteiger partial charge in [-0.05, 0) is 268 Å². The minimum Gasteiger partial charge on any atom is -0.497 e. The molecule has 36 heteroatoms. The number of rotatable bonds is 14. The number of nitrogens with zero attached hydrogens (tertiary/aromatic N) is 6. The lowest BCUT2D eigenvalue weighted by atomic mass is 9.98. The molecule has 1 atom stereocenters. The number of anilines is 5. The number of methoxy groups -OCH3 is 5. The molecule has 22 nitrogen and oxygen atoms in total. The molecule has 0 unspecified atom stereocenters. The third-order valence-corrected chi connectivity index (χ3v) is 34.5. The molecule has 128 heavy (non-hydrogen) atoms. The number of aromatic amines is 2. The van der Waals surface area contributed by atoms with Gasteiger partial charge in [-0.15, -0.1) is 22.7 Å². The maximum atomic E-state index is 15.4. The lowest BCUT2D eigenvalue weighted by Gasteiger charge is -2.36. The van der Waals surface area contributed by atoms with E-state index in [2.05, 4.69) is 99.1 Å². The molecule has 2 N–H and O–H groups in total. The van der Waals surface area contributed by atoms with E-state index >= 15 is 13.2 Å². The van der Waals surface area contributed by atoms with Gasteiger partial charge in [0.1, 0.15) is 28.7 Å². The summed E-state index contributed by atoms with van der Waals surface area (Å²) in [5.74, 6) is 2.93. The zero-order valence-electron chi connectivity index (χ0n) is 68.1. The average molecular weight is 2300 g/mol. The number of aromatic nitrogens is 3. The van der Waals surface area contributed by atoms with Crippen molar-refractivity contribution in [2.75, 3.05) is 57.7 Å². The number of ether oxygens (including phenoxy) is 5. The molecule has 0 saturated heterocycles. The largest absolute Gasteiger partial charge is 0.497 e. The van der Waals surface area contributed by atoms with Crippen LogP contribution in [0.5, 0.6) is 28.7 Å². The SMILES string of the molecule is COc1ccc(C(=O)N2Cc3ccccc3-c3[nH]c(Br)cc32)cc1.COc1ccc(S(=O)(=O)N2Cc3ccccc3-c3[nH]c(Br)cc32)cc1.COc1ccc(S(=O)(=O)N2Cc3ccccc3-c3c2cc(I)n3C)cc1.COc1ccc(S(=O)(=O)N2c3cc(I)sc3-c3ccccc3C2(F)F)cc1.COc1ccc(S(=O)(=O)N2c3cc(I)sc3-c3ccccc3[C@@H]2F)cc1. The Kier molecular flexibility index (Phi) is 26.4. The first-order chi connectivity index (χ1) is 61.3. The van der Waals surface area contributed by atoms with Gasteiger partial charge in [0.25, 0.3) is 46.0 Å². The molecule has 15 aromatic rings. The van der Waals surface area contributed by atoms with Crippen molar-refractivity contribution in [2.45, 2.75) is 51.6 Å². The summed E-state index contributed by atoms with van der Waals surface area (Å²) < 4.78 is 188. The fourth-order valence-corrected chi connectivity index (χ4v) is 26.5. The maximum Gasteiger partial charge on any atom is 0.366 e. The molecule has 5 aliphatic heterocycles. The summed E-state index contributed by atoms with van der Waals surface area (Å²) in [5, 5.41) is 0. The molecule has 0 radical (unpaired) electrons. The van der Waals surface area contributed by atoms with Crippen molar-refractivity contribution in [3.05, 3.63) is 325 Å². The highest BCUT2D eigenvalue weighted by atomic mass is 127. The first kappa shape index (κ1) is 91.2. The van der Waals surface area contributed by atoms with Crippen molar-refractivity contribution in [3.63, 3.8) is 0 Å². The molecule has 20 rings (SSSR count). The van der Waals surface area contributed by atoms with Gasteiger partial charge in [0, 0.05) is 46.0 Å². The van der Waals surface area contributed by atoms with Gasteiger partial charge >= 0.3 is 6.05 Å². The van der Waals surface area contributed by atoms with E-state index in [1.807, 2.05) is 119 Å². The Labute approximate surface area is 802 Å². The van der Waals surface area contributed by atoms with Gasteiger partial charge in [-0.2, -0.15) is 13.1 Å². The third kappa shape index (κ3) is 17.3. The number of thiophene rings is 2. The molecule has 1 amide bonds. The second-order valence-electron chi connectivity index (χ2n) is 28.9. The molecule has 5 aliphatic rings. The molecular formula is C92H72Br2F3I3N8O14S6. The molecule has 0 fully saturated rings. The van der Waals surface area contributed by atoms with Gasteiger partial charge in [-0.1, -0.05) is 121 Å². The number of benzene rings is 10. The van der Waals surface area contributed by atoms with Crippen molar-refractivity contribution in [1.82, 2.24) is 14.5 Å². The topological polar surface area (TPSA) is 252 Å². The second kappa shape index (κ2) is 37.0. The van der Waals surface area contributed by atoms with Gasteiger partial charge in [0.05, 0.1) is 154 Å². The Morgan fingerprint density at radius 2 is 0.797 bits per heavy atom. The van der Waals surface area contributed by atoms with Crippen LogP contribution >= 0.6 is 122 Å². The quantitative estimate of drug-likeness (QED) is 0.0759. The molecule has 0 saturated carbocycles. The smallest absolute Gasteiger partial charge is 0.366 e. The summed E-state index contributed by atoms with van der Waals surface area (Å²) in [7, 11) is -6.33. The minimum atomic E-state index is -4.51. The average Bonchev–Trinajstić information content (AvgIpc) is 1.45. The molecule has 0 aliphatic carbocycles. The zero-order chi connectivity index (χ0) is 90.6. The van der Waals surface area contributed by atoms with Crippen LogP contribution in [0.15, 0.2) is 302 Å². The number of amides is 1. The van der Waals surface area contributed by atoms with Crippen LogP contribution in [-0.4, -0.2) is 89.7 Å². The van der Waals surface area contributed by atoms with E-state index in [0.717, 1.165) is 95.3 Å². The van der Waals surface area contributed by atoms with Crippen LogP contribution in [-0.2, 0) is 72.8 Å². The normalized spacial score (nSPS) is 14.1. The van der Waals surface area contributed by atoms with Crippen molar-refractivity contribution < 1.29 is 75.3 Å². The van der Waals surface area contributed by atoms with E-state index in [0.29, 0.717) is 81.3 Å². The number of halogens is 8. The van der Waals surface area contributed by atoms with Gasteiger partial charge < -0.3 is 43.1 Å². The molecular weight excluding hydrogens is 2230 g/mol. The Morgan fingerprint density at radius 3 is 1.29 bits per heavy atom. The predicted molar refractivity (Wildman–Crippen MR) is 526 cm³/mol. The number of fused-ring (bicyclic) bond motifs is 15.